The van der Waals surface area contributed by atoms with E-state index in [0.717, 1.165) is 45.6 Å². The van der Waals surface area contributed by atoms with Crippen molar-refractivity contribution in [3.63, 3.8) is 0 Å². The summed E-state index contributed by atoms with van der Waals surface area (Å²) in [6, 6.07) is 14.7. The number of nitrogens with one attached hydrogen (secondary N) is 1. The summed E-state index contributed by atoms with van der Waals surface area (Å²) in [6.45, 7) is 6.34. The van der Waals surface area contributed by atoms with Gasteiger partial charge in [0.05, 0.1) is 0 Å². The number of pyridine rings is 1. The lowest BCUT2D eigenvalue weighted by Crippen LogP contribution is -2.52. The maximum Gasteiger partial charge on any atom is 0.317 e. The molecular formula is C21H28N4O. The lowest BCUT2D eigenvalue weighted by atomic mass is 10.1. The van der Waals surface area contributed by atoms with Gasteiger partial charge < -0.3 is 10.2 Å². The van der Waals surface area contributed by atoms with Crippen molar-refractivity contribution in [1.82, 2.24) is 20.1 Å². The second kappa shape index (κ2) is 9.34. The quantitative estimate of drug-likeness (QED) is 0.870. The van der Waals surface area contributed by atoms with Crippen molar-refractivity contribution in [3.8, 4) is 0 Å². The molecule has 0 spiro atoms. The number of benzene rings is 1. The molecule has 2 heterocycles. The lowest BCUT2D eigenvalue weighted by Gasteiger charge is -2.35. The Labute approximate surface area is 156 Å². The summed E-state index contributed by atoms with van der Waals surface area (Å²) < 4.78 is 0. The van der Waals surface area contributed by atoms with Crippen LogP contribution in [0, 0.1) is 0 Å². The molecule has 1 aliphatic heterocycles. The van der Waals surface area contributed by atoms with Gasteiger partial charge in [0, 0.05) is 51.2 Å². The number of amides is 2. The van der Waals surface area contributed by atoms with Crippen LogP contribution in [0.15, 0.2) is 54.9 Å². The van der Waals surface area contributed by atoms with Crippen LogP contribution < -0.4 is 5.32 Å². The van der Waals surface area contributed by atoms with Crippen molar-refractivity contribution in [2.75, 3.05) is 26.2 Å². The van der Waals surface area contributed by atoms with Gasteiger partial charge in [-0.2, -0.15) is 0 Å². The minimum absolute atomic E-state index is 0.0617. The summed E-state index contributed by atoms with van der Waals surface area (Å²) in [5.41, 5.74) is 2.54. The van der Waals surface area contributed by atoms with Gasteiger partial charge in [0.15, 0.2) is 0 Å². The van der Waals surface area contributed by atoms with Crippen LogP contribution in [-0.2, 0) is 13.0 Å². The second-order valence-electron chi connectivity index (χ2n) is 7.00. The number of piperazine rings is 1. The Hall–Kier alpha value is -2.40. The van der Waals surface area contributed by atoms with E-state index in [4.69, 9.17) is 0 Å². The first kappa shape index (κ1) is 18.4. The molecule has 26 heavy (non-hydrogen) atoms. The minimum atomic E-state index is 0.0617. The van der Waals surface area contributed by atoms with Gasteiger partial charge in [-0.1, -0.05) is 36.4 Å². The van der Waals surface area contributed by atoms with E-state index < -0.39 is 0 Å². The molecule has 5 heteroatoms. The molecule has 1 fully saturated rings. The Bertz CT molecular complexity index is 669. The molecule has 0 radical (unpaired) electrons. The van der Waals surface area contributed by atoms with Gasteiger partial charge in [-0.3, -0.25) is 9.88 Å². The zero-order valence-corrected chi connectivity index (χ0v) is 15.5. The first-order chi connectivity index (χ1) is 12.7. The summed E-state index contributed by atoms with van der Waals surface area (Å²) in [5.74, 6) is 0. The van der Waals surface area contributed by atoms with E-state index in [1.165, 1.54) is 11.1 Å². The third-order valence-electron chi connectivity index (χ3n) is 4.87. The summed E-state index contributed by atoms with van der Waals surface area (Å²) in [5, 5.41) is 3.14. The molecule has 1 saturated heterocycles. The standard InChI is InChI=1S/C21H28N4O/c1-18(9-10-19-6-3-2-4-7-19)23-21(26)25-14-12-24(13-15-25)17-20-8-5-11-22-16-20/h2-8,11,16,18H,9-10,12-15,17H2,1H3,(H,23,26)/t18-/m0/s1. The van der Waals surface area contributed by atoms with E-state index in [1.54, 1.807) is 6.20 Å². The van der Waals surface area contributed by atoms with Gasteiger partial charge >= 0.3 is 6.03 Å². The molecule has 0 saturated carbocycles. The highest BCUT2D eigenvalue weighted by Crippen LogP contribution is 2.09. The fourth-order valence-electron chi connectivity index (χ4n) is 3.26. The molecule has 5 nitrogen and oxygen atoms in total. The average molecular weight is 352 g/mol. The van der Waals surface area contributed by atoms with E-state index in [2.05, 4.69) is 52.5 Å². The number of urea groups is 1. The second-order valence-corrected chi connectivity index (χ2v) is 7.00. The molecule has 0 bridgehead atoms. The number of nitrogens with zero attached hydrogens (tertiary/aromatic N) is 3. The number of hydrogen-bond acceptors (Lipinski definition) is 3. The SMILES string of the molecule is C[C@@H](CCc1ccccc1)NC(=O)N1CCN(Cc2cccnc2)CC1. The van der Waals surface area contributed by atoms with E-state index in [0.29, 0.717) is 0 Å². The third-order valence-corrected chi connectivity index (χ3v) is 4.87. The predicted molar refractivity (Wildman–Crippen MR) is 104 cm³/mol. The maximum atomic E-state index is 12.5. The van der Waals surface area contributed by atoms with E-state index in [9.17, 15) is 4.79 Å². The van der Waals surface area contributed by atoms with E-state index in [-0.39, 0.29) is 12.1 Å². The molecule has 1 aromatic heterocycles. The molecule has 0 aliphatic carbocycles. The zero-order chi connectivity index (χ0) is 18.2. The smallest absolute Gasteiger partial charge is 0.317 e. The van der Waals surface area contributed by atoms with Gasteiger partial charge in [0.1, 0.15) is 0 Å². The normalized spacial score (nSPS) is 16.3. The molecule has 3 rings (SSSR count). The molecule has 2 aromatic rings. The van der Waals surface area contributed by atoms with Gasteiger partial charge in [-0.15, -0.1) is 0 Å². The van der Waals surface area contributed by atoms with Crippen molar-refractivity contribution >= 4 is 6.03 Å². The Balaban J connectivity index is 1.37. The number of aryl methyl sites for hydroxylation is 1. The number of aromatic nitrogens is 1. The minimum Gasteiger partial charge on any atom is -0.336 e. The summed E-state index contributed by atoms with van der Waals surface area (Å²) in [4.78, 5) is 20.9. The first-order valence-electron chi connectivity index (χ1n) is 9.41. The van der Waals surface area contributed by atoms with Crippen LogP contribution in [0.2, 0.25) is 0 Å². The largest absolute Gasteiger partial charge is 0.336 e. The highest BCUT2D eigenvalue weighted by molar-refractivity contribution is 5.74. The van der Waals surface area contributed by atoms with Crippen molar-refractivity contribution < 1.29 is 4.79 Å². The molecule has 138 valence electrons. The summed E-state index contributed by atoms with van der Waals surface area (Å²) in [6.07, 6.45) is 5.65. The predicted octanol–water partition coefficient (Wildman–Crippen LogP) is 2.93. The van der Waals surface area contributed by atoms with Crippen molar-refractivity contribution in [1.29, 1.82) is 0 Å². The zero-order valence-electron chi connectivity index (χ0n) is 15.5. The molecule has 1 N–H and O–H groups in total. The Morgan fingerprint density at radius 3 is 2.50 bits per heavy atom. The lowest BCUT2D eigenvalue weighted by molar-refractivity contribution is 0.133. The van der Waals surface area contributed by atoms with E-state index in [1.807, 2.05) is 23.2 Å². The Morgan fingerprint density at radius 1 is 1.08 bits per heavy atom. The maximum absolute atomic E-state index is 12.5. The van der Waals surface area contributed by atoms with Crippen LogP contribution in [0.1, 0.15) is 24.5 Å². The van der Waals surface area contributed by atoms with Crippen LogP contribution in [-0.4, -0.2) is 53.0 Å². The van der Waals surface area contributed by atoms with Crippen LogP contribution in [0.5, 0.6) is 0 Å². The highest BCUT2D eigenvalue weighted by Gasteiger charge is 2.22. The molecule has 1 atom stereocenters. The van der Waals surface area contributed by atoms with Crippen molar-refractivity contribution in [3.05, 3.63) is 66.0 Å². The fraction of sp³-hybridized carbons (Fsp3) is 0.429. The topological polar surface area (TPSA) is 48.5 Å². The number of carbonyl (C=O) groups is 1. The fourth-order valence-corrected chi connectivity index (χ4v) is 3.26. The average Bonchev–Trinajstić information content (AvgIpc) is 2.68. The van der Waals surface area contributed by atoms with Gasteiger partial charge in [-0.25, -0.2) is 4.79 Å². The van der Waals surface area contributed by atoms with Crippen LogP contribution in [0.4, 0.5) is 4.79 Å². The molecule has 2 amide bonds. The third kappa shape index (κ3) is 5.56. The van der Waals surface area contributed by atoms with Crippen LogP contribution in [0.3, 0.4) is 0 Å². The Kier molecular flexibility index (Phi) is 6.61. The highest BCUT2D eigenvalue weighted by atomic mass is 16.2. The van der Waals surface area contributed by atoms with Gasteiger partial charge in [-0.05, 0) is 37.0 Å². The Morgan fingerprint density at radius 2 is 1.81 bits per heavy atom. The summed E-state index contributed by atoms with van der Waals surface area (Å²) >= 11 is 0. The van der Waals surface area contributed by atoms with Gasteiger partial charge in [0.2, 0.25) is 0 Å². The number of rotatable bonds is 6. The van der Waals surface area contributed by atoms with Crippen molar-refractivity contribution in [2.24, 2.45) is 0 Å². The number of hydrogen-bond donors (Lipinski definition) is 1. The van der Waals surface area contributed by atoms with Crippen LogP contribution >= 0.6 is 0 Å². The molecule has 1 aliphatic rings. The van der Waals surface area contributed by atoms with Crippen LogP contribution in [0.25, 0.3) is 0 Å². The molecular weight excluding hydrogens is 324 g/mol. The molecule has 1 aromatic carbocycles. The molecule has 0 unspecified atom stereocenters. The summed E-state index contributed by atoms with van der Waals surface area (Å²) in [7, 11) is 0. The van der Waals surface area contributed by atoms with E-state index >= 15 is 0 Å². The monoisotopic (exact) mass is 352 g/mol. The van der Waals surface area contributed by atoms with Crippen molar-refractivity contribution in [2.45, 2.75) is 32.4 Å². The van der Waals surface area contributed by atoms with Gasteiger partial charge in [0.25, 0.3) is 0 Å². The first-order valence-corrected chi connectivity index (χ1v) is 9.41. The number of carbonyl (C=O) groups excluding carboxylic acids is 1.